The van der Waals surface area contributed by atoms with E-state index in [0.29, 0.717) is 33.9 Å². The van der Waals surface area contributed by atoms with Crippen LogP contribution in [0, 0.1) is 22.7 Å². The first-order valence-electron chi connectivity index (χ1n) is 28.6. The Balaban J connectivity index is 1.13. The van der Waals surface area contributed by atoms with Crippen LogP contribution in [-0.4, -0.2) is 18.3 Å². The van der Waals surface area contributed by atoms with Gasteiger partial charge in [-0.15, -0.1) is 11.3 Å². The van der Waals surface area contributed by atoms with Crippen molar-refractivity contribution >= 4 is 130 Å². The number of fused-ring (bicyclic) bond motifs is 17. The summed E-state index contributed by atoms with van der Waals surface area (Å²) < 4.78 is 11.5. The number of para-hydroxylation sites is 6. The van der Waals surface area contributed by atoms with Crippen molar-refractivity contribution in [3.8, 4) is 57.1 Å². The molecule has 0 N–H and O–H groups in total. The minimum atomic E-state index is 0.413. The highest BCUT2D eigenvalue weighted by Gasteiger charge is 2.35. The standard InChI is InChI=1S/C78H44N6S/c79-45-60-74(81-62-35-11-4-25-50(62)51-26-5-12-36-63(51)81)75(82-64-37-13-6-27-52(64)53-28-7-14-38-65(53)82)61(46-80)77(76(60)83-66-39-15-8-29-54(66)55-30-9-16-40-67(55)83)84-68-41-20-34-58(57-33-19-24-48-23-18-32-49(71(48)57)47-21-2-1-3-22-47)72(68)73-69(84)44-43-59-56-31-10-17-42-70(56)85-78(59)73/h1-44H. The molecule has 18 aromatic rings. The molecule has 0 aliphatic carbocycles. The first-order valence-corrected chi connectivity index (χ1v) is 29.5. The summed E-state index contributed by atoms with van der Waals surface area (Å²) >= 11 is 1.81. The van der Waals surface area contributed by atoms with Gasteiger partial charge in [0.15, 0.2) is 0 Å². The summed E-state index contributed by atoms with van der Waals surface area (Å²) in [5.74, 6) is 0. The lowest BCUT2D eigenvalue weighted by molar-refractivity contribution is 1.02. The van der Waals surface area contributed by atoms with Crippen molar-refractivity contribution in [1.29, 1.82) is 10.5 Å². The van der Waals surface area contributed by atoms with E-state index in [2.05, 4.69) is 297 Å². The summed E-state index contributed by atoms with van der Waals surface area (Å²) in [4.78, 5) is 0. The van der Waals surface area contributed by atoms with Crippen LogP contribution in [0.25, 0.3) is 163 Å². The molecule has 0 spiro atoms. The van der Waals surface area contributed by atoms with E-state index >= 15 is 0 Å². The van der Waals surface area contributed by atoms with Crippen LogP contribution in [0.4, 0.5) is 0 Å². The highest BCUT2D eigenvalue weighted by Crippen LogP contribution is 2.52. The molecule has 0 aliphatic heterocycles. The van der Waals surface area contributed by atoms with Gasteiger partial charge in [0.2, 0.25) is 0 Å². The summed E-state index contributed by atoms with van der Waals surface area (Å²) in [5, 5.41) is 39.0. The fraction of sp³-hybridized carbons (Fsp3) is 0. The molecule has 0 aliphatic rings. The predicted octanol–water partition coefficient (Wildman–Crippen LogP) is 20.7. The maximum Gasteiger partial charge on any atom is 0.104 e. The maximum absolute atomic E-state index is 13.0. The Morgan fingerprint density at radius 3 is 1.07 bits per heavy atom. The zero-order valence-electron chi connectivity index (χ0n) is 45.5. The molecule has 0 radical (unpaired) electrons. The van der Waals surface area contributed by atoms with Crippen LogP contribution in [0.2, 0.25) is 0 Å². The summed E-state index contributed by atoms with van der Waals surface area (Å²) in [6.07, 6.45) is 0. The Labute approximate surface area is 490 Å². The highest BCUT2D eigenvalue weighted by atomic mass is 32.1. The summed E-state index contributed by atoms with van der Waals surface area (Å²) in [5.41, 5.74) is 15.1. The van der Waals surface area contributed by atoms with Crippen LogP contribution in [0.5, 0.6) is 0 Å². The SMILES string of the molecule is N#Cc1c(-n2c3ccccc3c3ccccc32)c(-n2c3ccccc3c3ccccc32)c(C#N)c(-n2c3cccc(-c4cccc5cccc(-c6ccccc6)c45)c3c3c4sc5ccccc5c4ccc32)c1-n1c2ccccc2c2ccccc21. The lowest BCUT2D eigenvalue weighted by Crippen LogP contribution is -2.16. The van der Waals surface area contributed by atoms with Crippen molar-refractivity contribution in [2.75, 3.05) is 0 Å². The van der Waals surface area contributed by atoms with Crippen molar-refractivity contribution in [1.82, 2.24) is 18.3 Å². The van der Waals surface area contributed by atoms with Gasteiger partial charge in [-0.25, -0.2) is 0 Å². The molecule has 0 saturated carbocycles. The van der Waals surface area contributed by atoms with Crippen molar-refractivity contribution in [2.24, 2.45) is 0 Å². The van der Waals surface area contributed by atoms with Gasteiger partial charge in [-0.3, -0.25) is 0 Å². The Morgan fingerprint density at radius 1 is 0.259 bits per heavy atom. The fourth-order valence-electron chi connectivity index (χ4n) is 14.5. The van der Waals surface area contributed by atoms with E-state index < -0.39 is 0 Å². The molecule has 6 nitrogen and oxygen atoms in total. The van der Waals surface area contributed by atoms with Crippen molar-refractivity contribution < 1.29 is 0 Å². The number of hydrogen-bond donors (Lipinski definition) is 0. The molecule has 5 aromatic heterocycles. The molecule has 5 heterocycles. The van der Waals surface area contributed by atoms with E-state index in [-0.39, 0.29) is 0 Å². The van der Waals surface area contributed by atoms with Gasteiger partial charge in [0.05, 0.1) is 66.9 Å². The van der Waals surface area contributed by atoms with Gasteiger partial charge in [0.1, 0.15) is 23.3 Å². The van der Waals surface area contributed by atoms with E-state index in [1.54, 1.807) is 0 Å². The third-order valence-corrected chi connectivity index (χ3v) is 19.0. The third-order valence-electron chi connectivity index (χ3n) is 17.8. The molecule has 0 bridgehead atoms. The Hall–Kier alpha value is -11.5. The van der Waals surface area contributed by atoms with Crippen LogP contribution in [-0.2, 0) is 0 Å². The van der Waals surface area contributed by atoms with Crippen LogP contribution in [0.15, 0.2) is 267 Å². The van der Waals surface area contributed by atoms with Crippen molar-refractivity contribution in [3.63, 3.8) is 0 Å². The van der Waals surface area contributed by atoms with Crippen molar-refractivity contribution in [3.05, 3.63) is 278 Å². The van der Waals surface area contributed by atoms with E-state index in [1.165, 1.54) is 15.5 Å². The predicted molar refractivity (Wildman–Crippen MR) is 354 cm³/mol. The molecule has 18 rings (SSSR count). The number of rotatable bonds is 6. The lowest BCUT2D eigenvalue weighted by Gasteiger charge is -2.27. The minimum absolute atomic E-state index is 0.413. The zero-order valence-corrected chi connectivity index (χ0v) is 46.3. The molecule has 0 saturated heterocycles. The monoisotopic (exact) mass is 1100 g/mol. The van der Waals surface area contributed by atoms with Gasteiger partial charge in [-0.2, -0.15) is 10.5 Å². The molecular weight excluding hydrogens is 1050 g/mol. The maximum atomic E-state index is 13.0. The van der Waals surface area contributed by atoms with E-state index in [0.717, 1.165) is 125 Å². The smallest absolute Gasteiger partial charge is 0.104 e. The van der Waals surface area contributed by atoms with E-state index in [1.807, 2.05) is 11.3 Å². The number of benzene rings is 13. The second-order valence-corrected chi connectivity index (χ2v) is 23.1. The van der Waals surface area contributed by atoms with Gasteiger partial charge in [-0.1, -0.05) is 212 Å². The third kappa shape index (κ3) is 6.45. The molecule has 0 fully saturated rings. The molecule has 392 valence electrons. The minimum Gasteiger partial charge on any atom is -0.306 e. The Morgan fingerprint density at radius 2 is 0.612 bits per heavy atom. The quantitative estimate of drug-likeness (QED) is 0.166. The number of aromatic nitrogens is 4. The summed E-state index contributed by atoms with van der Waals surface area (Å²) in [7, 11) is 0. The largest absolute Gasteiger partial charge is 0.306 e. The second kappa shape index (κ2) is 18.0. The molecule has 13 aromatic carbocycles. The molecular formula is C78H44N6S. The Bertz CT molecular complexity index is 5840. The average Bonchev–Trinajstić information content (AvgIpc) is 1.84. The first-order chi connectivity index (χ1) is 42.2. The zero-order chi connectivity index (χ0) is 56.0. The number of nitrogens with zero attached hydrogens (tertiary/aromatic N) is 6. The second-order valence-electron chi connectivity index (χ2n) is 22.0. The number of nitriles is 2. The molecule has 0 unspecified atom stereocenters. The summed E-state index contributed by atoms with van der Waals surface area (Å²) in [6.45, 7) is 0. The number of hydrogen-bond acceptors (Lipinski definition) is 3. The van der Waals surface area contributed by atoms with Gasteiger partial charge < -0.3 is 18.3 Å². The first kappa shape index (κ1) is 47.2. The van der Waals surface area contributed by atoms with Crippen LogP contribution in [0.1, 0.15) is 11.1 Å². The van der Waals surface area contributed by atoms with E-state index in [9.17, 15) is 10.5 Å². The van der Waals surface area contributed by atoms with Crippen molar-refractivity contribution in [2.45, 2.75) is 0 Å². The molecule has 0 atom stereocenters. The van der Waals surface area contributed by atoms with Gasteiger partial charge in [0, 0.05) is 63.3 Å². The normalized spacial score (nSPS) is 12.0. The van der Waals surface area contributed by atoms with E-state index in [4.69, 9.17) is 0 Å². The van der Waals surface area contributed by atoms with Crippen LogP contribution < -0.4 is 0 Å². The van der Waals surface area contributed by atoms with Crippen LogP contribution in [0.3, 0.4) is 0 Å². The molecule has 85 heavy (non-hydrogen) atoms. The van der Waals surface area contributed by atoms with Gasteiger partial charge in [0.25, 0.3) is 0 Å². The molecule has 0 amide bonds. The average molecular weight is 1100 g/mol. The summed E-state index contributed by atoms with van der Waals surface area (Å²) in [6, 6.07) is 101. The topological polar surface area (TPSA) is 67.3 Å². The van der Waals surface area contributed by atoms with Gasteiger partial charge >= 0.3 is 0 Å². The fourth-order valence-corrected chi connectivity index (χ4v) is 15.7. The molecule has 7 heteroatoms. The Kier molecular flexibility index (Phi) is 10.00. The number of thiophene rings is 1. The highest BCUT2D eigenvalue weighted by molar-refractivity contribution is 7.26. The van der Waals surface area contributed by atoms with Crippen LogP contribution >= 0.6 is 11.3 Å². The lowest BCUT2D eigenvalue weighted by atomic mass is 9.90. The van der Waals surface area contributed by atoms with Gasteiger partial charge in [-0.05, 0) is 87.6 Å².